The van der Waals surface area contributed by atoms with E-state index in [1.54, 1.807) is 15.5 Å². The van der Waals surface area contributed by atoms with Gasteiger partial charge >= 0.3 is 134 Å². The molecule has 0 aromatic carbocycles. The Morgan fingerprint density at radius 2 is 2.38 bits per heavy atom. The van der Waals surface area contributed by atoms with Crippen LogP contribution in [0.15, 0.2) is 16.1 Å². The SMILES string of the molecule is C=NC(=O)CN(CCN)c1cc(C)nc(NC=N[CH]=[W])n1. The topological polar surface area (TPSA) is 109 Å². The number of aliphatic imine (C=N–C) groups is 2. The van der Waals surface area contributed by atoms with E-state index in [9.17, 15) is 4.79 Å². The maximum atomic E-state index is 11.5. The fourth-order valence-electron chi connectivity index (χ4n) is 1.55. The van der Waals surface area contributed by atoms with Gasteiger partial charge in [0.1, 0.15) is 0 Å². The van der Waals surface area contributed by atoms with Crippen LogP contribution < -0.4 is 16.0 Å². The number of nitrogens with two attached hydrogens (primary N) is 1. The van der Waals surface area contributed by atoms with Crippen LogP contribution in [-0.4, -0.2) is 53.1 Å². The number of rotatable bonds is 8. The molecular weight excluding hydrogens is 442 g/mol. The molecule has 112 valence electrons. The third-order valence-electron chi connectivity index (χ3n) is 2.40. The minimum atomic E-state index is -0.334. The van der Waals surface area contributed by atoms with Gasteiger partial charge in [-0.05, 0) is 0 Å². The Labute approximate surface area is 134 Å². The number of nitrogens with zero attached hydrogens (tertiary/aromatic N) is 5. The third kappa shape index (κ3) is 6.01. The summed E-state index contributed by atoms with van der Waals surface area (Å²) < 4.78 is 1.72. The van der Waals surface area contributed by atoms with Crippen molar-refractivity contribution in [2.75, 3.05) is 29.9 Å². The normalized spacial score (nSPS) is 10.4. The molecule has 0 bridgehead atoms. The molecule has 0 atom stereocenters. The fourth-order valence-corrected chi connectivity index (χ4v) is 1.77. The van der Waals surface area contributed by atoms with Crippen LogP contribution in [0.2, 0.25) is 0 Å². The Morgan fingerprint density at radius 1 is 1.62 bits per heavy atom. The van der Waals surface area contributed by atoms with Gasteiger partial charge in [0.15, 0.2) is 0 Å². The van der Waals surface area contributed by atoms with Gasteiger partial charge in [0.2, 0.25) is 0 Å². The van der Waals surface area contributed by atoms with E-state index in [-0.39, 0.29) is 12.5 Å². The Bertz CT molecular complexity index is 546. The average Bonchev–Trinajstić information content (AvgIpc) is 2.46. The molecule has 8 nitrogen and oxygen atoms in total. The zero-order valence-electron chi connectivity index (χ0n) is 11.7. The summed E-state index contributed by atoms with van der Waals surface area (Å²) in [5.41, 5.74) is 6.34. The third-order valence-corrected chi connectivity index (χ3v) is 2.83. The maximum absolute atomic E-state index is 11.5. The summed E-state index contributed by atoms with van der Waals surface area (Å²) in [4.78, 5) is 29.1. The quantitative estimate of drug-likeness (QED) is 0.402. The summed E-state index contributed by atoms with van der Waals surface area (Å²) in [5, 5.41) is 2.88. The van der Waals surface area contributed by atoms with E-state index in [0.717, 1.165) is 5.69 Å². The first-order valence-corrected chi connectivity index (χ1v) is 7.82. The molecule has 21 heavy (non-hydrogen) atoms. The van der Waals surface area contributed by atoms with Gasteiger partial charge < -0.3 is 0 Å². The van der Waals surface area contributed by atoms with Crippen LogP contribution >= 0.6 is 0 Å². The monoisotopic (exact) mass is 459 g/mol. The van der Waals surface area contributed by atoms with Gasteiger partial charge in [-0.1, -0.05) is 0 Å². The van der Waals surface area contributed by atoms with Crippen LogP contribution in [0, 0.1) is 6.92 Å². The van der Waals surface area contributed by atoms with Gasteiger partial charge in [0.25, 0.3) is 0 Å². The van der Waals surface area contributed by atoms with Crippen molar-refractivity contribution in [2.24, 2.45) is 15.7 Å². The van der Waals surface area contributed by atoms with E-state index >= 15 is 0 Å². The number of aryl methyl sites for hydroxylation is 1. The molecule has 0 fully saturated rings. The molecule has 3 N–H and O–H groups in total. The summed E-state index contributed by atoms with van der Waals surface area (Å²) in [5.74, 6) is 0.679. The Hall–Kier alpha value is -1.79. The molecule has 0 aliphatic rings. The molecule has 1 heterocycles. The number of carbonyl (C=O) groups excluding carboxylic acids is 1. The molecule has 0 aliphatic carbocycles. The van der Waals surface area contributed by atoms with Crippen molar-refractivity contribution in [3.05, 3.63) is 11.8 Å². The molecule has 0 aliphatic heterocycles. The van der Waals surface area contributed by atoms with Crippen LogP contribution in [0.1, 0.15) is 5.69 Å². The van der Waals surface area contributed by atoms with E-state index in [1.807, 2.05) is 6.92 Å². The number of amides is 1. The number of hydrogen-bond donors (Lipinski definition) is 2. The van der Waals surface area contributed by atoms with E-state index in [1.165, 1.54) is 25.7 Å². The number of aromatic nitrogens is 2. The van der Waals surface area contributed by atoms with Gasteiger partial charge in [-0.3, -0.25) is 0 Å². The van der Waals surface area contributed by atoms with Crippen molar-refractivity contribution in [3.63, 3.8) is 0 Å². The second-order valence-corrected chi connectivity index (χ2v) is 4.74. The Kier molecular flexibility index (Phi) is 7.56. The summed E-state index contributed by atoms with van der Waals surface area (Å²) in [6.45, 7) is 6.03. The van der Waals surface area contributed by atoms with Crippen LogP contribution in [-0.2, 0) is 24.1 Å². The van der Waals surface area contributed by atoms with E-state index in [0.29, 0.717) is 24.9 Å². The second kappa shape index (κ2) is 9.20. The molecule has 0 saturated carbocycles. The molecule has 1 aromatic heterocycles. The van der Waals surface area contributed by atoms with E-state index < -0.39 is 0 Å². The van der Waals surface area contributed by atoms with Crippen molar-refractivity contribution >= 4 is 35.3 Å². The van der Waals surface area contributed by atoms with Crippen molar-refractivity contribution in [3.8, 4) is 0 Å². The Morgan fingerprint density at radius 3 is 3.00 bits per heavy atom. The number of carbonyl (C=O) groups is 1. The predicted octanol–water partition coefficient (Wildman–Crippen LogP) is -0.476. The van der Waals surface area contributed by atoms with Gasteiger partial charge in [-0.15, -0.1) is 0 Å². The summed E-state index contributed by atoms with van der Waals surface area (Å²) in [6.07, 6.45) is 1.51. The van der Waals surface area contributed by atoms with E-state index in [4.69, 9.17) is 5.73 Å². The molecule has 0 spiro atoms. The van der Waals surface area contributed by atoms with Crippen molar-refractivity contribution in [1.82, 2.24) is 9.97 Å². The van der Waals surface area contributed by atoms with Crippen LogP contribution in [0.25, 0.3) is 0 Å². The van der Waals surface area contributed by atoms with Crippen LogP contribution in [0.3, 0.4) is 0 Å². The first kappa shape index (κ1) is 17.3. The fraction of sp³-hybridized carbons (Fsp3) is 0.333. The summed E-state index contributed by atoms with van der Waals surface area (Å²) >= 11 is 1.25. The zero-order chi connectivity index (χ0) is 15.7. The first-order valence-electron chi connectivity index (χ1n) is 6.12. The molecule has 0 unspecified atom stereocenters. The molecule has 9 heteroatoms. The second-order valence-electron chi connectivity index (χ2n) is 3.98. The number of nitrogens with one attached hydrogen (secondary N) is 1. The van der Waals surface area contributed by atoms with Crippen molar-refractivity contribution in [2.45, 2.75) is 6.92 Å². The molecule has 1 amide bonds. The van der Waals surface area contributed by atoms with Gasteiger partial charge in [0.05, 0.1) is 0 Å². The van der Waals surface area contributed by atoms with Gasteiger partial charge in [-0.25, -0.2) is 0 Å². The summed E-state index contributed by atoms with van der Waals surface area (Å²) in [6, 6.07) is 1.78. The van der Waals surface area contributed by atoms with Crippen molar-refractivity contribution < 1.29 is 24.1 Å². The van der Waals surface area contributed by atoms with Crippen LogP contribution in [0.4, 0.5) is 11.8 Å². The molecule has 1 aromatic rings. The molecule has 0 radical (unpaired) electrons. The average molecular weight is 459 g/mol. The first-order chi connectivity index (χ1) is 10.1. The van der Waals surface area contributed by atoms with Crippen molar-refractivity contribution in [1.29, 1.82) is 0 Å². The zero-order valence-corrected chi connectivity index (χ0v) is 14.6. The van der Waals surface area contributed by atoms with Crippen LogP contribution in [0.5, 0.6) is 0 Å². The number of hydrogen-bond acceptors (Lipinski definition) is 6. The Balaban J connectivity index is 3.00. The molecule has 1 rings (SSSR count). The summed E-state index contributed by atoms with van der Waals surface area (Å²) in [7, 11) is 0. The van der Waals surface area contributed by atoms with E-state index in [2.05, 4.69) is 32.0 Å². The minimum absolute atomic E-state index is 0.0801. The van der Waals surface area contributed by atoms with Gasteiger partial charge in [0, 0.05) is 0 Å². The molecule has 0 saturated heterocycles. The number of anilines is 2. The standard InChI is InChI=1S/C12H17N7O.W/c1-9-6-10(18-12(17-9)16-8-14-2)19(5-4-13)7-11(20)15-3;/h2,6,8H,3-5,7,13H2,1H3,(H,16,17,18);. The molecular formula is C12H17N7OW. The van der Waals surface area contributed by atoms with Gasteiger partial charge in [-0.2, -0.15) is 0 Å². The predicted molar refractivity (Wildman–Crippen MR) is 80.8 cm³/mol.